The molecule has 3 fully saturated rings. The molecule has 33 heavy (non-hydrogen) atoms. The summed E-state index contributed by atoms with van der Waals surface area (Å²) in [6.07, 6.45) is -0.756. The van der Waals surface area contributed by atoms with Crippen molar-refractivity contribution < 1.29 is 32.4 Å². The van der Waals surface area contributed by atoms with Crippen molar-refractivity contribution in [3.8, 4) is 0 Å². The number of aromatic nitrogens is 2. The molecule has 2 saturated heterocycles. The fraction of sp³-hybridized carbons (Fsp3) is 0.700. The molecule has 1 spiro atoms. The third-order valence-corrected chi connectivity index (χ3v) is 7.67. The number of hydrogen-bond donors (Lipinski definition) is 1. The first-order valence-corrected chi connectivity index (χ1v) is 12.2. The van der Waals surface area contributed by atoms with E-state index in [0.29, 0.717) is 6.42 Å². The summed E-state index contributed by atoms with van der Waals surface area (Å²) >= 11 is 0. The molecule has 4 unspecified atom stereocenters. The van der Waals surface area contributed by atoms with Gasteiger partial charge in [0.15, 0.2) is 6.23 Å². The molecule has 0 bridgehead atoms. The van der Waals surface area contributed by atoms with Crippen molar-refractivity contribution in [1.82, 2.24) is 9.55 Å². The van der Waals surface area contributed by atoms with E-state index >= 15 is 0 Å². The topological polar surface area (TPSA) is 148 Å². The van der Waals surface area contributed by atoms with Gasteiger partial charge in [-0.2, -0.15) is 0 Å². The molecule has 12 nitrogen and oxygen atoms in total. The molecule has 0 radical (unpaired) electrons. The summed E-state index contributed by atoms with van der Waals surface area (Å²) in [5, 5.41) is 0. The van der Waals surface area contributed by atoms with Gasteiger partial charge in [0, 0.05) is 18.7 Å². The highest BCUT2D eigenvalue weighted by molar-refractivity contribution is 7.48. The normalized spacial score (nSPS) is 37.8. The van der Waals surface area contributed by atoms with Gasteiger partial charge in [0.1, 0.15) is 23.3 Å². The van der Waals surface area contributed by atoms with Crippen LogP contribution >= 0.6 is 7.82 Å². The van der Waals surface area contributed by atoms with Crippen LogP contribution in [-0.2, 0) is 32.4 Å². The molecule has 7 atom stereocenters. The van der Waals surface area contributed by atoms with Gasteiger partial charge in [0.05, 0.1) is 18.6 Å². The molecule has 1 aromatic rings. The molecular formula is C20H28N3O9P. The lowest BCUT2D eigenvalue weighted by atomic mass is 9.91. The van der Waals surface area contributed by atoms with Crippen LogP contribution in [0.5, 0.6) is 0 Å². The number of ether oxygens (including phenoxy) is 2. The van der Waals surface area contributed by atoms with E-state index in [1.54, 1.807) is 27.7 Å². The maximum atomic E-state index is 13.3. The van der Waals surface area contributed by atoms with Crippen LogP contribution in [0.2, 0.25) is 0 Å². The minimum absolute atomic E-state index is 0.0556. The van der Waals surface area contributed by atoms with Gasteiger partial charge in [-0.05, 0) is 33.9 Å². The monoisotopic (exact) mass is 485 g/mol. The average molecular weight is 485 g/mol. The zero-order valence-electron chi connectivity index (χ0n) is 18.9. The second-order valence-corrected chi connectivity index (χ2v) is 10.6. The number of H-pyrrole nitrogens is 1. The number of hydrogen-bond acceptors (Lipinski definition) is 10. The second-order valence-electron chi connectivity index (χ2n) is 9.07. The molecule has 1 saturated carbocycles. The molecule has 4 rings (SSSR count). The molecule has 13 heteroatoms. The molecule has 0 aromatic carbocycles. The van der Waals surface area contributed by atoms with Crippen molar-refractivity contribution in [2.75, 3.05) is 6.61 Å². The number of phosphoric ester groups is 1. The number of nitrogens with zero attached hydrogens (tertiary/aromatic N) is 2. The summed E-state index contributed by atoms with van der Waals surface area (Å²) in [6.45, 7) is 10.4. The summed E-state index contributed by atoms with van der Waals surface area (Å²) < 4.78 is 42.7. The predicted molar refractivity (Wildman–Crippen MR) is 115 cm³/mol. The fourth-order valence-electron chi connectivity index (χ4n) is 4.26. The van der Waals surface area contributed by atoms with Crippen LogP contribution in [0.3, 0.4) is 0 Å². The predicted octanol–water partition coefficient (Wildman–Crippen LogP) is 1.55. The van der Waals surface area contributed by atoms with E-state index in [4.69, 9.17) is 23.0 Å². The van der Waals surface area contributed by atoms with Gasteiger partial charge < -0.3 is 9.47 Å². The van der Waals surface area contributed by atoms with E-state index < -0.39 is 54.6 Å². The Kier molecular flexibility index (Phi) is 6.03. The van der Waals surface area contributed by atoms with Crippen molar-refractivity contribution in [3.05, 3.63) is 33.1 Å². The molecule has 182 valence electrons. The van der Waals surface area contributed by atoms with Gasteiger partial charge in [0.25, 0.3) is 5.56 Å². The summed E-state index contributed by atoms with van der Waals surface area (Å²) in [5.74, 6) is -0.837. The van der Waals surface area contributed by atoms with Gasteiger partial charge in [-0.25, -0.2) is 9.36 Å². The zero-order valence-corrected chi connectivity index (χ0v) is 19.8. The van der Waals surface area contributed by atoms with Crippen LogP contribution in [-0.4, -0.2) is 58.3 Å². The van der Waals surface area contributed by atoms with Crippen LogP contribution in [0.4, 0.5) is 0 Å². The Hall–Kier alpha value is -2.11. The Bertz CT molecular complexity index is 1120. The van der Waals surface area contributed by atoms with E-state index in [1.165, 1.54) is 16.8 Å². The standard InChI is InChI=1S/C20H28N3O9P/c1-11(2)29-15(25)12(3)7-9-28-33(27)31-13-10-20(13)16(32-33)19(4,21-5)17(30-20)23-8-6-14(24)22-18(23)26/h6,8,11-13,16-17H,5,7,9-10H2,1-4H3,(H,22,24,26)/t12?,13?,16-,17+,19+,20?,33?/m0/s1. The highest BCUT2D eigenvalue weighted by Gasteiger charge is 2.79. The number of nitrogens with one attached hydrogen (secondary N) is 1. The third-order valence-electron chi connectivity index (χ3n) is 6.18. The highest BCUT2D eigenvalue weighted by atomic mass is 31.2. The summed E-state index contributed by atoms with van der Waals surface area (Å²) in [6, 6.07) is 1.19. The number of aliphatic imine (C=N–C) groups is 1. The van der Waals surface area contributed by atoms with Crippen molar-refractivity contribution in [3.63, 3.8) is 0 Å². The third kappa shape index (κ3) is 4.15. The number of esters is 1. The molecular weight excluding hydrogens is 457 g/mol. The van der Waals surface area contributed by atoms with Gasteiger partial charge in [-0.1, -0.05) is 6.92 Å². The number of aromatic amines is 1. The van der Waals surface area contributed by atoms with Crippen LogP contribution < -0.4 is 11.2 Å². The molecule has 1 aliphatic carbocycles. The molecule has 3 heterocycles. The van der Waals surface area contributed by atoms with Crippen LogP contribution in [0.1, 0.15) is 46.8 Å². The highest BCUT2D eigenvalue weighted by Crippen LogP contribution is 2.72. The Balaban J connectivity index is 1.50. The van der Waals surface area contributed by atoms with Crippen LogP contribution in [0.25, 0.3) is 0 Å². The van der Waals surface area contributed by atoms with Gasteiger partial charge in [-0.3, -0.25) is 37.7 Å². The summed E-state index contributed by atoms with van der Waals surface area (Å²) in [7, 11) is -4.01. The Morgan fingerprint density at radius 3 is 2.76 bits per heavy atom. The maximum Gasteiger partial charge on any atom is 0.475 e. The van der Waals surface area contributed by atoms with Crippen LogP contribution in [0.15, 0.2) is 26.8 Å². The quantitative estimate of drug-likeness (QED) is 0.329. The maximum absolute atomic E-state index is 13.3. The first-order valence-electron chi connectivity index (χ1n) is 10.7. The van der Waals surface area contributed by atoms with E-state index in [2.05, 4.69) is 16.7 Å². The van der Waals surface area contributed by atoms with Gasteiger partial charge >= 0.3 is 19.5 Å². The minimum atomic E-state index is -4.01. The summed E-state index contributed by atoms with van der Waals surface area (Å²) in [5.41, 5.74) is -3.43. The van der Waals surface area contributed by atoms with Crippen molar-refractivity contribution in [1.29, 1.82) is 0 Å². The molecule has 0 amide bonds. The average Bonchev–Trinajstić information content (AvgIpc) is 3.37. The number of carbonyl (C=O) groups is 1. The molecule has 2 aliphatic heterocycles. The van der Waals surface area contributed by atoms with Crippen molar-refractivity contribution in [2.24, 2.45) is 10.9 Å². The van der Waals surface area contributed by atoms with E-state index in [9.17, 15) is 18.9 Å². The lowest BCUT2D eigenvalue weighted by Crippen LogP contribution is -2.48. The largest absolute Gasteiger partial charge is 0.475 e. The Morgan fingerprint density at radius 2 is 2.12 bits per heavy atom. The SMILES string of the molecule is C=N[C@]1(C)[C@@H]2OP(=O)(OCCC(C)C(=O)OC(C)C)OC3CC32O[C@H]1n1ccc(=O)[nH]c1=O. The zero-order chi connectivity index (χ0) is 24.2. The minimum Gasteiger partial charge on any atom is -0.463 e. The molecule has 1 N–H and O–H groups in total. The van der Waals surface area contributed by atoms with Crippen LogP contribution in [0, 0.1) is 5.92 Å². The number of rotatable bonds is 8. The lowest BCUT2D eigenvalue weighted by molar-refractivity contribution is -0.152. The Labute approximate surface area is 189 Å². The van der Waals surface area contributed by atoms with Gasteiger partial charge in [-0.15, -0.1) is 0 Å². The van der Waals surface area contributed by atoms with E-state index in [-0.39, 0.29) is 25.1 Å². The first kappa shape index (κ1) is 24.0. The number of phosphoric acid groups is 1. The number of carbonyl (C=O) groups excluding carboxylic acids is 1. The van der Waals surface area contributed by atoms with Crippen molar-refractivity contribution in [2.45, 2.75) is 76.2 Å². The van der Waals surface area contributed by atoms with E-state index in [1.807, 2.05) is 0 Å². The van der Waals surface area contributed by atoms with Gasteiger partial charge in [0.2, 0.25) is 0 Å². The smallest absolute Gasteiger partial charge is 0.463 e. The summed E-state index contributed by atoms with van der Waals surface area (Å²) in [4.78, 5) is 42.2. The molecule has 1 aromatic heterocycles. The molecule has 3 aliphatic rings. The lowest BCUT2D eigenvalue weighted by Gasteiger charge is -2.35. The van der Waals surface area contributed by atoms with Crippen molar-refractivity contribution >= 4 is 20.5 Å². The first-order chi connectivity index (χ1) is 15.4. The van der Waals surface area contributed by atoms with E-state index in [0.717, 1.165) is 0 Å². The second kappa shape index (κ2) is 8.28. The fourth-order valence-corrected chi connectivity index (χ4v) is 5.97. The Morgan fingerprint density at radius 1 is 1.39 bits per heavy atom.